The van der Waals surface area contributed by atoms with Gasteiger partial charge >= 0.3 is 6.43 Å². The number of aryl methyl sites for hydroxylation is 1. The van der Waals surface area contributed by atoms with Crippen LogP contribution in [0.15, 0.2) is 6.20 Å². The first-order valence-electron chi connectivity index (χ1n) is 4.95. The van der Waals surface area contributed by atoms with Gasteiger partial charge in [-0.05, 0) is 17.9 Å². The van der Waals surface area contributed by atoms with Gasteiger partial charge in [0.15, 0.2) is 5.69 Å². The molecule has 0 fully saturated rings. The van der Waals surface area contributed by atoms with Crippen LogP contribution in [0.2, 0.25) is 0 Å². The van der Waals surface area contributed by atoms with Crippen molar-refractivity contribution in [2.45, 2.75) is 26.3 Å². The van der Waals surface area contributed by atoms with E-state index < -0.39 is 12.2 Å². The molecule has 0 N–H and O–H groups in total. The Kier molecular flexibility index (Phi) is 5.37. The van der Waals surface area contributed by atoms with Crippen molar-refractivity contribution in [1.82, 2.24) is 15.0 Å². The molecule has 0 spiro atoms. The van der Waals surface area contributed by atoms with Crippen molar-refractivity contribution in [3.8, 4) is 0 Å². The molecule has 0 atom stereocenters. The third-order valence-electron chi connectivity index (χ3n) is 1.87. The van der Waals surface area contributed by atoms with Crippen LogP contribution in [0.3, 0.4) is 0 Å². The quantitative estimate of drug-likeness (QED) is 0.546. The number of carbonyl (C=O) groups is 1. The van der Waals surface area contributed by atoms with Crippen LogP contribution in [0.1, 0.15) is 23.8 Å². The first kappa shape index (κ1) is 13.1. The minimum atomic E-state index is -3.01. The molecule has 0 saturated heterocycles. The average Bonchev–Trinajstić information content (AvgIpc) is 2.72. The summed E-state index contributed by atoms with van der Waals surface area (Å²) in [4.78, 5) is 10.9. The van der Waals surface area contributed by atoms with Crippen LogP contribution < -0.4 is 0 Å². The molecule has 90 valence electrons. The Hall–Kier alpha value is -0.980. The number of carbonyl (C=O) groups excluding carboxylic acids is 1. The maximum atomic E-state index is 12.0. The molecule has 1 heterocycles. The van der Waals surface area contributed by atoms with Crippen molar-refractivity contribution in [2.75, 3.05) is 11.5 Å². The van der Waals surface area contributed by atoms with Crippen molar-refractivity contribution in [1.29, 1.82) is 0 Å². The molecule has 7 heteroatoms. The van der Waals surface area contributed by atoms with E-state index in [-0.39, 0.29) is 5.69 Å². The summed E-state index contributed by atoms with van der Waals surface area (Å²) in [6, 6.07) is 0. The van der Waals surface area contributed by atoms with E-state index in [0.717, 1.165) is 17.9 Å². The number of thioether (sulfide) groups is 1. The van der Waals surface area contributed by atoms with Crippen LogP contribution in [0.25, 0.3) is 0 Å². The lowest BCUT2D eigenvalue weighted by atomic mass is 10.3. The first-order valence-corrected chi connectivity index (χ1v) is 6.11. The van der Waals surface area contributed by atoms with E-state index in [4.69, 9.17) is 0 Å². The molecule has 1 rings (SSSR count). The number of hydrogen-bond donors (Lipinski definition) is 0. The van der Waals surface area contributed by atoms with Gasteiger partial charge < -0.3 is 0 Å². The highest BCUT2D eigenvalue weighted by molar-refractivity contribution is 7.99. The SMILES string of the molecule is CCSCCCn1cc(C(=O)C(F)F)nn1. The first-order chi connectivity index (χ1) is 7.65. The third-order valence-corrected chi connectivity index (χ3v) is 2.85. The summed E-state index contributed by atoms with van der Waals surface area (Å²) in [6.07, 6.45) is -0.865. The average molecular weight is 249 g/mol. The normalized spacial score (nSPS) is 11.0. The topological polar surface area (TPSA) is 47.8 Å². The fourth-order valence-electron chi connectivity index (χ4n) is 1.11. The lowest BCUT2D eigenvalue weighted by molar-refractivity contribution is 0.0673. The van der Waals surface area contributed by atoms with Gasteiger partial charge in [0.1, 0.15) is 0 Å². The molecule has 16 heavy (non-hydrogen) atoms. The molecule has 0 bridgehead atoms. The zero-order valence-corrected chi connectivity index (χ0v) is 9.71. The van der Waals surface area contributed by atoms with E-state index in [2.05, 4.69) is 17.2 Å². The maximum absolute atomic E-state index is 12.0. The van der Waals surface area contributed by atoms with E-state index in [9.17, 15) is 13.6 Å². The highest BCUT2D eigenvalue weighted by atomic mass is 32.2. The van der Waals surface area contributed by atoms with E-state index in [1.165, 1.54) is 10.9 Å². The Morgan fingerprint density at radius 2 is 2.38 bits per heavy atom. The Bertz CT molecular complexity index is 343. The fourth-order valence-corrected chi connectivity index (χ4v) is 1.73. The number of alkyl halides is 2. The summed E-state index contributed by atoms with van der Waals surface area (Å²) in [5, 5.41) is 7.03. The van der Waals surface area contributed by atoms with Gasteiger partial charge in [-0.2, -0.15) is 11.8 Å². The largest absolute Gasteiger partial charge is 0.302 e. The smallest absolute Gasteiger partial charge is 0.286 e. The van der Waals surface area contributed by atoms with Crippen LogP contribution in [-0.4, -0.2) is 38.7 Å². The Labute approximate surface area is 96.4 Å². The summed E-state index contributed by atoms with van der Waals surface area (Å²) in [5.41, 5.74) is -0.266. The molecule has 0 amide bonds. The van der Waals surface area contributed by atoms with Crippen molar-refractivity contribution < 1.29 is 13.6 Å². The third kappa shape index (κ3) is 3.88. The highest BCUT2D eigenvalue weighted by Crippen LogP contribution is 2.05. The Balaban J connectivity index is 2.42. The van der Waals surface area contributed by atoms with Gasteiger partial charge in [-0.25, -0.2) is 8.78 Å². The molecule has 0 saturated carbocycles. The number of nitrogens with zero attached hydrogens (tertiary/aromatic N) is 3. The van der Waals surface area contributed by atoms with Crippen LogP contribution in [0, 0.1) is 0 Å². The van der Waals surface area contributed by atoms with E-state index >= 15 is 0 Å². The second kappa shape index (κ2) is 6.57. The van der Waals surface area contributed by atoms with Crippen LogP contribution in [0.4, 0.5) is 8.78 Å². The van der Waals surface area contributed by atoms with Crippen LogP contribution in [0.5, 0.6) is 0 Å². The summed E-state index contributed by atoms with van der Waals surface area (Å²) in [7, 11) is 0. The number of Topliss-reactive ketones (excluding diaryl/α,β-unsaturated/α-hetero) is 1. The van der Waals surface area contributed by atoms with Crippen LogP contribution >= 0.6 is 11.8 Å². The zero-order valence-electron chi connectivity index (χ0n) is 8.90. The minimum Gasteiger partial charge on any atom is -0.286 e. The van der Waals surface area contributed by atoms with Crippen molar-refractivity contribution in [2.24, 2.45) is 0 Å². The van der Waals surface area contributed by atoms with Crippen molar-refractivity contribution >= 4 is 17.5 Å². The van der Waals surface area contributed by atoms with Gasteiger partial charge in [-0.1, -0.05) is 12.1 Å². The van der Waals surface area contributed by atoms with Gasteiger partial charge in [0.05, 0.1) is 6.20 Å². The van der Waals surface area contributed by atoms with Gasteiger partial charge in [0, 0.05) is 6.54 Å². The lowest BCUT2D eigenvalue weighted by Crippen LogP contribution is -2.10. The second-order valence-electron chi connectivity index (χ2n) is 3.08. The molecule has 0 radical (unpaired) electrons. The molecule has 1 aromatic heterocycles. The van der Waals surface area contributed by atoms with Gasteiger partial charge in [-0.3, -0.25) is 9.48 Å². The van der Waals surface area contributed by atoms with Crippen molar-refractivity contribution in [3.05, 3.63) is 11.9 Å². The Morgan fingerprint density at radius 1 is 1.62 bits per heavy atom. The van der Waals surface area contributed by atoms with Crippen molar-refractivity contribution in [3.63, 3.8) is 0 Å². The van der Waals surface area contributed by atoms with Crippen LogP contribution in [-0.2, 0) is 6.54 Å². The second-order valence-corrected chi connectivity index (χ2v) is 4.48. The number of hydrogen-bond acceptors (Lipinski definition) is 4. The molecule has 0 aliphatic carbocycles. The molecule has 0 aliphatic heterocycles. The standard InChI is InChI=1S/C9H13F2N3OS/c1-2-16-5-3-4-14-6-7(12-13-14)8(15)9(10)11/h6,9H,2-5H2,1H3. The van der Waals surface area contributed by atoms with E-state index in [1.807, 2.05) is 0 Å². The number of halogens is 2. The van der Waals surface area contributed by atoms with Gasteiger partial charge in [-0.15, -0.1) is 5.10 Å². The fraction of sp³-hybridized carbons (Fsp3) is 0.667. The van der Waals surface area contributed by atoms with E-state index in [0.29, 0.717) is 6.54 Å². The predicted octanol–water partition coefficient (Wildman–Crippen LogP) is 1.87. The molecule has 0 unspecified atom stereocenters. The molecular formula is C9H13F2N3OS. The lowest BCUT2D eigenvalue weighted by Gasteiger charge is -1.98. The summed E-state index contributed by atoms with van der Waals surface area (Å²) < 4.78 is 25.5. The minimum absolute atomic E-state index is 0.266. The zero-order chi connectivity index (χ0) is 12.0. The number of aromatic nitrogens is 3. The highest BCUT2D eigenvalue weighted by Gasteiger charge is 2.20. The summed E-state index contributed by atoms with van der Waals surface area (Å²) in [5.74, 6) is 0.759. The Morgan fingerprint density at radius 3 is 3.00 bits per heavy atom. The maximum Gasteiger partial charge on any atom is 0.302 e. The molecule has 0 aliphatic rings. The monoisotopic (exact) mass is 249 g/mol. The summed E-state index contributed by atoms with van der Waals surface area (Å²) >= 11 is 1.80. The summed E-state index contributed by atoms with van der Waals surface area (Å²) in [6.45, 7) is 2.66. The molecule has 4 nitrogen and oxygen atoms in total. The van der Waals surface area contributed by atoms with E-state index in [1.54, 1.807) is 11.8 Å². The number of ketones is 1. The van der Waals surface area contributed by atoms with Gasteiger partial charge in [0.2, 0.25) is 0 Å². The van der Waals surface area contributed by atoms with Gasteiger partial charge in [0.25, 0.3) is 5.78 Å². The predicted molar refractivity (Wildman–Crippen MR) is 58.0 cm³/mol. The molecule has 0 aromatic carbocycles. The number of rotatable bonds is 7. The molecular weight excluding hydrogens is 236 g/mol. The molecule has 1 aromatic rings.